The van der Waals surface area contributed by atoms with Gasteiger partial charge in [0.05, 0.1) is 13.0 Å². The Bertz CT molecular complexity index is 158. The molecular weight excluding hydrogens is 146 g/mol. The molecule has 0 spiro atoms. The molecule has 1 rings (SSSR count). The van der Waals surface area contributed by atoms with E-state index in [-0.39, 0.29) is 5.97 Å². The van der Waals surface area contributed by atoms with Crippen molar-refractivity contribution in [1.29, 1.82) is 0 Å². The first-order chi connectivity index (χ1) is 5.33. The summed E-state index contributed by atoms with van der Waals surface area (Å²) in [7, 11) is 0. The first-order valence-corrected chi connectivity index (χ1v) is 3.64. The molecule has 4 nitrogen and oxygen atoms in total. The molecule has 0 bridgehead atoms. The summed E-state index contributed by atoms with van der Waals surface area (Å²) in [5, 5.41) is 0. The molecule has 0 unspecified atom stereocenters. The highest BCUT2D eigenvalue weighted by Crippen LogP contribution is 1.98. The Morgan fingerprint density at radius 3 is 3.09 bits per heavy atom. The van der Waals surface area contributed by atoms with Crippen LogP contribution in [0.3, 0.4) is 0 Å². The lowest BCUT2D eigenvalue weighted by atomic mass is 10.4. The Hall–Kier alpha value is -0.900. The van der Waals surface area contributed by atoms with Gasteiger partial charge in [0.25, 0.3) is 0 Å². The molecule has 1 heterocycles. The second-order valence-corrected chi connectivity index (χ2v) is 2.44. The molecule has 1 aliphatic heterocycles. The van der Waals surface area contributed by atoms with E-state index >= 15 is 0 Å². The van der Waals surface area contributed by atoms with Crippen molar-refractivity contribution < 1.29 is 14.3 Å². The van der Waals surface area contributed by atoms with Crippen LogP contribution in [0.5, 0.6) is 0 Å². The van der Waals surface area contributed by atoms with Crippen molar-refractivity contribution >= 4 is 12.3 Å². The topological polar surface area (TPSA) is 46.6 Å². The Kier molecular flexibility index (Phi) is 3.04. The summed E-state index contributed by atoms with van der Waals surface area (Å²) in [4.78, 5) is 22.7. The molecule has 0 aliphatic carbocycles. The summed E-state index contributed by atoms with van der Waals surface area (Å²) in [5.74, 6) is -0.168. The van der Waals surface area contributed by atoms with Gasteiger partial charge in [-0.1, -0.05) is 0 Å². The summed E-state index contributed by atoms with van der Waals surface area (Å²) < 4.78 is 4.78. The molecule has 1 saturated heterocycles. The number of carbonyl (C=O) groups excluding carboxylic acids is 2. The highest BCUT2D eigenvalue weighted by atomic mass is 16.5. The maximum Gasteiger partial charge on any atom is 0.307 e. The average Bonchev–Trinajstić information content (AvgIpc) is 2.17. The molecule has 0 aromatic carbocycles. The van der Waals surface area contributed by atoms with Gasteiger partial charge in [0.2, 0.25) is 0 Å². The van der Waals surface area contributed by atoms with Crippen LogP contribution in [-0.2, 0) is 14.3 Å². The van der Waals surface area contributed by atoms with Gasteiger partial charge < -0.3 is 9.53 Å². The Morgan fingerprint density at radius 1 is 1.55 bits per heavy atom. The molecule has 0 radical (unpaired) electrons. The lowest BCUT2D eigenvalue weighted by molar-refractivity contribution is -0.142. The van der Waals surface area contributed by atoms with Crippen molar-refractivity contribution in [2.45, 2.75) is 6.42 Å². The second-order valence-electron chi connectivity index (χ2n) is 2.44. The molecule has 0 saturated carbocycles. The van der Waals surface area contributed by atoms with Crippen LogP contribution in [-0.4, -0.2) is 43.4 Å². The predicted molar refractivity (Wildman–Crippen MR) is 38.1 cm³/mol. The molecule has 4 heteroatoms. The van der Waals surface area contributed by atoms with Crippen LogP contribution in [0.15, 0.2) is 0 Å². The smallest absolute Gasteiger partial charge is 0.307 e. The van der Waals surface area contributed by atoms with Crippen LogP contribution in [0.1, 0.15) is 6.42 Å². The largest absolute Gasteiger partial charge is 0.464 e. The van der Waals surface area contributed by atoms with Crippen LogP contribution in [0, 0.1) is 0 Å². The molecule has 1 aliphatic rings. The Balaban J connectivity index is 2.33. The fourth-order valence-corrected chi connectivity index (χ4v) is 1.01. The maximum absolute atomic E-state index is 10.7. The van der Waals surface area contributed by atoms with E-state index in [0.717, 1.165) is 6.29 Å². The normalized spacial score (nSPS) is 20.5. The Labute approximate surface area is 65.1 Å². The standard InChI is InChI=1S/C7H11NO3/c9-5-3-8-2-1-7(10)11-6-4-8/h5H,1-4,6H2. The van der Waals surface area contributed by atoms with E-state index in [1.54, 1.807) is 0 Å². The molecule has 11 heavy (non-hydrogen) atoms. The van der Waals surface area contributed by atoms with Crippen LogP contribution < -0.4 is 0 Å². The number of hydrogen-bond donors (Lipinski definition) is 0. The quantitative estimate of drug-likeness (QED) is 0.398. The molecule has 0 N–H and O–H groups in total. The zero-order valence-electron chi connectivity index (χ0n) is 6.28. The predicted octanol–water partition coefficient (Wildman–Crippen LogP) is -0.566. The van der Waals surface area contributed by atoms with E-state index in [9.17, 15) is 9.59 Å². The van der Waals surface area contributed by atoms with Crippen LogP contribution in [0.2, 0.25) is 0 Å². The van der Waals surface area contributed by atoms with Gasteiger partial charge in [-0.2, -0.15) is 0 Å². The minimum Gasteiger partial charge on any atom is -0.464 e. The number of rotatable bonds is 2. The van der Waals surface area contributed by atoms with Crippen molar-refractivity contribution in [3.05, 3.63) is 0 Å². The Morgan fingerprint density at radius 2 is 2.36 bits per heavy atom. The molecule has 1 fully saturated rings. The van der Waals surface area contributed by atoms with Gasteiger partial charge in [0.15, 0.2) is 0 Å². The minimum atomic E-state index is -0.168. The van der Waals surface area contributed by atoms with Gasteiger partial charge in [-0.15, -0.1) is 0 Å². The summed E-state index contributed by atoms with van der Waals surface area (Å²) >= 11 is 0. The van der Waals surface area contributed by atoms with Crippen LogP contribution in [0.4, 0.5) is 0 Å². The van der Waals surface area contributed by atoms with Crippen molar-refractivity contribution in [2.75, 3.05) is 26.2 Å². The molecule has 0 amide bonds. The van der Waals surface area contributed by atoms with Gasteiger partial charge in [-0.05, 0) is 0 Å². The first-order valence-electron chi connectivity index (χ1n) is 3.64. The highest BCUT2D eigenvalue weighted by Gasteiger charge is 2.13. The molecule has 0 aromatic rings. The molecule has 62 valence electrons. The van der Waals surface area contributed by atoms with Gasteiger partial charge in [-0.3, -0.25) is 9.69 Å². The van der Waals surface area contributed by atoms with Gasteiger partial charge in [0, 0.05) is 13.1 Å². The summed E-state index contributed by atoms with van der Waals surface area (Å²) in [6, 6.07) is 0. The van der Waals surface area contributed by atoms with Crippen LogP contribution >= 0.6 is 0 Å². The second kappa shape index (κ2) is 4.08. The fraction of sp³-hybridized carbons (Fsp3) is 0.714. The van der Waals surface area contributed by atoms with Crippen molar-refractivity contribution in [3.8, 4) is 0 Å². The number of carbonyl (C=O) groups is 2. The van der Waals surface area contributed by atoms with Gasteiger partial charge in [-0.25, -0.2) is 0 Å². The zero-order valence-corrected chi connectivity index (χ0v) is 6.28. The van der Waals surface area contributed by atoms with E-state index in [4.69, 9.17) is 4.74 Å². The third-order valence-corrected chi connectivity index (χ3v) is 1.64. The number of aldehydes is 1. The van der Waals surface area contributed by atoms with Gasteiger partial charge >= 0.3 is 5.97 Å². The van der Waals surface area contributed by atoms with E-state index < -0.39 is 0 Å². The summed E-state index contributed by atoms with van der Waals surface area (Å²) in [5.41, 5.74) is 0. The lowest BCUT2D eigenvalue weighted by Crippen LogP contribution is -2.28. The number of esters is 1. The molecule has 0 atom stereocenters. The SMILES string of the molecule is O=CCN1CCOC(=O)CC1. The highest BCUT2D eigenvalue weighted by molar-refractivity contribution is 5.69. The third-order valence-electron chi connectivity index (χ3n) is 1.64. The molecular formula is C7H11NO3. The van der Waals surface area contributed by atoms with Crippen molar-refractivity contribution in [1.82, 2.24) is 4.90 Å². The molecule has 0 aromatic heterocycles. The van der Waals surface area contributed by atoms with E-state index in [2.05, 4.69) is 0 Å². The summed E-state index contributed by atoms with van der Waals surface area (Å²) in [6.45, 7) is 2.12. The number of cyclic esters (lactones) is 1. The van der Waals surface area contributed by atoms with Crippen molar-refractivity contribution in [2.24, 2.45) is 0 Å². The number of hydrogen-bond acceptors (Lipinski definition) is 4. The van der Waals surface area contributed by atoms with E-state index in [1.807, 2.05) is 4.90 Å². The van der Waals surface area contributed by atoms with E-state index in [0.29, 0.717) is 32.7 Å². The minimum absolute atomic E-state index is 0.168. The number of ether oxygens (including phenoxy) is 1. The van der Waals surface area contributed by atoms with E-state index in [1.165, 1.54) is 0 Å². The summed E-state index contributed by atoms with van der Waals surface area (Å²) in [6.07, 6.45) is 1.24. The number of nitrogens with zero attached hydrogens (tertiary/aromatic N) is 1. The first kappa shape index (κ1) is 8.20. The average molecular weight is 157 g/mol. The van der Waals surface area contributed by atoms with Crippen LogP contribution in [0.25, 0.3) is 0 Å². The lowest BCUT2D eigenvalue weighted by Gasteiger charge is -2.13. The monoisotopic (exact) mass is 157 g/mol. The van der Waals surface area contributed by atoms with Crippen molar-refractivity contribution in [3.63, 3.8) is 0 Å². The fourth-order valence-electron chi connectivity index (χ4n) is 1.01. The third kappa shape index (κ3) is 2.67. The maximum atomic E-state index is 10.7. The zero-order chi connectivity index (χ0) is 8.10. The van der Waals surface area contributed by atoms with Gasteiger partial charge in [0.1, 0.15) is 12.9 Å².